The molecule has 116 valence electrons. The summed E-state index contributed by atoms with van der Waals surface area (Å²) in [6.45, 7) is 5.24. The predicted octanol–water partition coefficient (Wildman–Crippen LogP) is 4.05. The fraction of sp³-hybridized carbons (Fsp3) is 0.412. The number of benzene rings is 1. The van der Waals surface area contributed by atoms with Crippen LogP contribution in [0, 0.1) is 12.7 Å². The molecule has 0 amide bonds. The van der Waals surface area contributed by atoms with Gasteiger partial charge in [-0.15, -0.1) is 0 Å². The maximum Gasteiger partial charge on any atom is 0.229 e. The van der Waals surface area contributed by atoms with Crippen LogP contribution in [-0.2, 0) is 0 Å². The van der Waals surface area contributed by atoms with Gasteiger partial charge in [0, 0.05) is 30.0 Å². The lowest BCUT2D eigenvalue weighted by molar-refractivity contribution is 0.481. The number of hydrogen-bond donors (Lipinski definition) is 1. The molecule has 1 atom stereocenters. The van der Waals surface area contributed by atoms with Gasteiger partial charge in [0.1, 0.15) is 11.6 Å². The summed E-state index contributed by atoms with van der Waals surface area (Å²) in [7, 11) is 0. The van der Waals surface area contributed by atoms with E-state index in [0.29, 0.717) is 12.0 Å². The molecule has 1 aromatic carbocycles. The van der Waals surface area contributed by atoms with Gasteiger partial charge >= 0.3 is 0 Å². The molecule has 1 unspecified atom stereocenters. The monoisotopic (exact) mass is 300 g/mol. The number of rotatable bonds is 3. The highest BCUT2D eigenvalue weighted by molar-refractivity contribution is 5.55. The van der Waals surface area contributed by atoms with Gasteiger partial charge in [-0.3, -0.25) is 0 Å². The summed E-state index contributed by atoms with van der Waals surface area (Å²) < 4.78 is 13.0. The van der Waals surface area contributed by atoms with Crippen molar-refractivity contribution in [3.8, 4) is 0 Å². The van der Waals surface area contributed by atoms with Gasteiger partial charge in [0.25, 0.3) is 0 Å². The van der Waals surface area contributed by atoms with Gasteiger partial charge in [-0.2, -0.15) is 4.98 Å². The SMILES string of the molecule is Cc1cc(N2CCCCC2C)nc(Nc2ccc(F)cc2)n1. The quantitative estimate of drug-likeness (QED) is 0.928. The third-order valence-corrected chi connectivity index (χ3v) is 4.04. The van der Waals surface area contributed by atoms with E-state index in [1.807, 2.05) is 13.0 Å². The molecule has 0 spiro atoms. The van der Waals surface area contributed by atoms with E-state index >= 15 is 0 Å². The molecule has 0 saturated carbocycles. The van der Waals surface area contributed by atoms with Crippen molar-refractivity contribution in [3.63, 3.8) is 0 Å². The standard InChI is InChI=1S/C17H21FN4/c1-12-11-16(22-10-4-3-5-13(22)2)21-17(19-12)20-15-8-6-14(18)7-9-15/h6-9,11,13H,3-5,10H2,1-2H3,(H,19,20,21). The summed E-state index contributed by atoms with van der Waals surface area (Å²) >= 11 is 0. The maximum absolute atomic E-state index is 13.0. The molecule has 1 saturated heterocycles. The van der Waals surface area contributed by atoms with E-state index < -0.39 is 0 Å². The van der Waals surface area contributed by atoms with Crippen LogP contribution in [0.25, 0.3) is 0 Å². The van der Waals surface area contributed by atoms with Crippen molar-refractivity contribution in [2.75, 3.05) is 16.8 Å². The van der Waals surface area contributed by atoms with Crippen LogP contribution >= 0.6 is 0 Å². The molecule has 2 heterocycles. The Kier molecular flexibility index (Phi) is 4.22. The zero-order valence-electron chi connectivity index (χ0n) is 13.0. The van der Waals surface area contributed by atoms with Crippen molar-refractivity contribution in [1.29, 1.82) is 0 Å². The fourth-order valence-corrected chi connectivity index (χ4v) is 2.86. The average Bonchev–Trinajstić information content (AvgIpc) is 2.49. The molecule has 3 rings (SSSR count). The van der Waals surface area contributed by atoms with Crippen LogP contribution in [0.15, 0.2) is 30.3 Å². The van der Waals surface area contributed by atoms with E-state index in [9.17, 15) is 4.39 Å². The van der Waals surface area contributed by atoms with E-state index in [-0.39, 0.29) is 5.82 Å². The van der Waals surface area contributed by atoms with Crippen LogP contribution < -0.4 is 10.2 Å². The summed E-state index contributed by atoms with van der Waals surface area (Å²) in [5.41, 5.74) is 1.71. The van der Waals surface area contributed by atoms with Crippen molar-refractivity contribution in [3.05, 3.63) is 41.8 Å². The zero-order chi connectivity index (χ0) is 15.5. The highest BCUT2D eigenvalue weighted by atomic mass is 19.1. The first kappa shape index (κ1) is 14.8. The Morgan fingerprint density at radius 1 is 1.18 bits per heavy atom. The molecule has 0 radical (unpaired) electrons. The molecule has 22 heavy (non-hydrogen) atoms. The van der Waals surface area contributed by atoms with Gasteiger partial charge in [-0.25, -0.2) is 9.37 Å². The lowest BCUT2D eigenvalue weighted by Gasteiger charge is -2.34. The first-order valence-electron chi connectivity index (χ1n) is 7.77. The van der Waals surface area contributed by atoms with Gasteiger partial charge in [0.05, 0.1) is 0 Å². The molecule has 0 bridgehead atoms. The molecule has 1 aromatic heterocycles. The number of aryl methyl sites for hydroxylation is 1. The minimum absolute atomic E-state index is 0.251. The number of nitrogens with zero attached hydrogens (tertiary/aromatic N) is 3. The van der Waals surface area contributed by atoms with E-state index in [4.69, 9.17) is 0 Å². The van der Waals surface area contributed by atoms with Crippen LogP contribution in [0.3, 0.4) is 0 Å². The topological polar surface area (TPSA) is 41.1 Å². The Hall–Kier alpha value is -2.17. The number of hydrogen-bond acceptors (Lipinski definition) is 4. The smallest absolute Gasteiger partial charge is 0.229 e. The zero-order valence-corrected chi connectivity index (χ0v) is 13.0. The number of halogens is 1. The number of piperidine rings is 1. The van der Waals surface area contributed by atoms with E-state index in [0.717, 1.165) is 23.7 Å². The van der Waals surface area contributed by atoms with Crippen molar-refractivity contribution < 1.29 is 4.39 Å². The molecular weight excluding hydrogens is 279 g/mol. The first-order valence-corrected chi connectivity index (χ1v) is 7.77. The third-order valence-electron chi connectivity index (χ3n) is 4.04. The molecule has 1 aliphatic heterocycles. The Morgan fingerprint density at radius 2 is 1.95 bits per heavy atom. The highest BCUT2D eigenvalue weighted by Gasteiger charge is 2.20. The Morgan fingerprint density at radius 3 is 2.68 bits per heavy atom. The summed E-state index contributed by atoms with van der Waals surface area (Å²) in [4.78, 5) is 11.4. The molecule has 4 nitrogen and oxygen atoms in total. The van der Waals surface area contributed by atoms with Crippen LogP contribution in [0.2, 0.25) is 0 Å². The number of aromatic nitrogens is 2. The predicted molar refractivity (Wildman–Crippen MR) is 87.1 cm³/mol. The average molecular weight is 300 g/mol. The minimum atomic E-state index is -0.251. The second-order valence-corrected chi connectivity index (χ2v) is 5.86. The summed E-state index contributed by atoms with van der Waals surface area (Å²) in [6, 6.07) is 8.74. The van der Waals surface area contributed by atoms with Crippen LogP contribution in [0.4, 0.5) is 21.8 Å². The van der Waals surface area contributed by atoms with Crippen molar-refractivity contribution in [2.24, 2.45) is 0 Å². The molecule has 0 aliphatic carbocycles. The van der Waals surface area contributed by atoms with Crippen LogP contribution in [-0.4, -0.2) is 22.6 Å². The summed E-state index contributed by atoms with van der Waals surface area (Å²) in [5.74, 6) is 1.27. The summed E-state index contributed by atoms with van der Waals surface area (Å²) in [6.07, 6.45) is 3.68. The normalized spacial score (nSPS) is 18.3. The molecule has 2 aromatic rings. The molecular formula is C17H21FN4. The van der Waals surface area contributed by atoms with Gasteiger partial charge in [0.15, 0.2) is 0 Å². The maximum atomic E-state index is 13.0. The lowest BCUT2D eigenvalue weighted by atomic mass is 10.0. The van der Waals surface area contributed by atoms with E-state index in [2.05, 4.69) is 27.1 Å². The third kappa shape index (κ3) is 3.35. The Balaban J connectivity index is 1.84. The van der Waals surface area contributed by atoms with Crippen LogP contribution in [0.1, 0.15) is 31.9 Å². The summed E-state index contributed by atoms with van der Waals surface area (Å²) in [5, 5.41) is 3.15. The molecule has 1 fully saturated rings. The lowest BCUT2D eigenvalue weighted by Crippen LogP contribution is -2.38. The largest absolute Gasteiger partial charge is 0.354 e. The van der Waals surface area contributed by atoms with E-state index in [1.165, 1.54) is 31.4 Å². The van der Waals surface area contributed by atoms with Gasteiger partial charge < -0.3 is 10.2 Å². The Labute approximate surface area is 130 Å². The molecule has 1 aliphatic rings. The van der Waals surface area contributed by atoms with Crippen molar-refractivity contribution in [2.45, 2.75) is 39.2 Å². The second-order valence-electron chi connectivity index (χ2n) is 5.86. The van der Waals surface area contributed by atoms with Gasteiger partial charge in [-0.05, 0) is 57.4 Å². The minimum Gasteiger partial charge on any atom is -0.354 e. The van der Waals surface area contributed by atoms with Crippen molar-refractivity contribution in [1.82, 2.24) is 9.97 Å². The van der Waals surface area contributed by atoms with E-state index in [1.54, 1.807) is 12.1 Å². The number of anilines is 3. The second kappa shape index (κ2) is 6.30. The Bertz CT molecular complexity index is 642. The first-order chi connectivity index (χ1) is 10.6. The fourth-order valence-electron chi connectivity index (χ4n) is 2.86. The number of nitrogens with one attached hydrogen (secondary N) is 1. The van der Waals surface area contributed by atoms with Gasteiger partial charge in [-0.1, -0.05) is 0 Å². The van der Waals surface area contributed by atoms with Crippen LogP contribution in [0.5, 0.6) is 0 Å². The van der Waals surface area contributed by atoms with Gasteiger partial charge in [0.2, 0.25) is 5.95 Å². The molecule has 1 N–H and O–H groups in total. The van der Waals surface area contributed by atoms with Crippen molar-refractivity contribution >= 4 is 17.5 Å². The highest BCUT2D eigenvalue weighted by Crippen LogP contribution is 2.25. The molecule has 5 heteroatoms.